The van der Waals surface area contributed by atoms with Gasteiger partial charge in [-0.25, -0.2) is 9.80 Å². The van der Waals surface area contributed by atoms with Gasteiger partial charge in [-0.1, -0.05) is 25.1 Å². The molecule has 10 nitrogen and oxygen atoms in total. The smallest absolute Gasteiger partial charge is 0.335 e. The zero-order chi connectivity index (χ0) is 24.8. The Kier molecular flexibility index (Phi) is 7.87. The number of carbonyl (C=O) groups is 3. The van der Waals surface area contributed by atoms with Crippen molar-refractivity contribution in [3.05, 3.63) is 59.2 Å². The normalized spacial score (nSPS) is 16.4. The van der Waals surface area contributed by atoms with Crippen LogP contribution in [0.4, 0.5) is 5.69 Å². The average Bonchev–Trinajstić information content (AvgIpc) is 3.11. The Bertz CT molecular complexity index is 1100. The lowest BCUT2D eigenvalue weighted by Gasteiger charge is -2.19. The number of amides is 2. The van der Waals surface area contributed by atoms with Crippen LogP contribution in [0.2, 0.25) is 0 Å². The van der Waals surface area contributed by atoms with E-state index < -0.39 is 36.6 Å². The third kappa shape index (κ3) is 5.36. The number of ether oxygens (including phenoxy) is 2. The van der Waals surface area contributed by atoms with E-state index >= 15 is 0 Å². The van der Waals surface area contributed by atoms with Crippen molar-refractivity contribution in [1.29, 1.82) is 0 Å². The van der Waals surface area contributed by atoms with Crippen LogP contribution >= 0.6 is 0 Å². The van der Waals surface area contributed by atoms with Crippen LogP contribution in [0.25, 0.3) is 6.08 Å². The van der Waals surface area contributed by atoms with E-state index in [1.807, 2.05) is 6.92 Å². The number of hydrogen-bond donors (Lipinski definition) is 4. The number of carboxylic acid groups (broad SMARTS) is 1. The summed E-state index contributed by atoms with van der Waals surface area (Å²) in [4.78, 5) is 36.4. The summed E-state index contributed by atoms with van der Waals surface area (Å²) in [7, 11) is 0. The SMILES string of the molecule is CCCOc1ccc(/C=C2/C(=O)NN(c3ccccc3)C2=O)c(OC[C@H](O)[C@@H](O)C(=O)O)c1C. The van der Waals surface area contributed by atoms with Gasteiger partial charge in [0.25, 0.3) is 11.8 Å². The standard InChI is InChI=1S/C24H26N2O8/c1-3-11-33-19-10-9-15(21(14(19)2)34-13-18(27)20(28)24(31)32)12-17-22(29)25-26(23(17)30)16-7-5-4-6-8-16/h4-10,12,18,20,27-28H,3,11,13H2,1-2H3,(H,25,29)(H,31,32)/b17-12-/t18-,20+/m0/s1. The first kappa shape index (κ1) is 24.7. The Labute approximate surface area is 196 Å². The second-order valence-corrected chi connectivity index (χ2v) is 7.59. The molecular formula is C24H26N2O8. The molecule has 0 bridgehead atoms. The molecule has 2 aromatic rings. The lowest BCUT2D eigenvalue weighted by atomic mass is 10.0. The van der Waals surface area contributed by atoms with Crippen molar-refractivity contribution >= 4 is 29.5 Å². The molecule has 1 heterocycles. The van der Waals surface area contributed by atoms with Crippen LogP contribution in [0.1, 0.15) is 24.5 Å². The summed E-state index contributed by atoms with van der Waals surface area (Å²) in [6.07, 6.45) is -1.63. The summed E-state index contributed by atoms with van der Waals surface area (Å²) in [5.74, 6) is -2.10. The van der Waals surface area contributed by atoms with Crippen LogP contribution in [-0.2, 0) is 14.4 Å². The van der Waals surface area contributed by atoms with Gasteiger partial charge < -0.3 is 24.8 Å². The molecule has 1 fully saturated rings. The molecule has 0 unspecified atom stereocenters. The summed E-state index contributed by atoms with van der Waals surface area (Å²) in [5, 5.41) is 29.5. The van der Waals surface area contributed by atoms with Crippen LogP contribution in [0, 0.1) is 6.92 Å². The summed E-state index contributed by atoms with van der Waals surface area (Å²) in [6.45, 7) is 3.53. The zero-order valence-corrected chi connectivity index (χ0v) is 18.7. The number of benzene rings is 2. The predicted octanol–water partition coefficient (Wildman–Crippen LogP) is 1.43. The predicted molar refractivity (Wildman–Crippen MR) is 122 cm³/mol. The van der Waals surface area contributed by atoms with Crippen molar-refractivity contribution in [3.8, 4) is 11.5 Å². The summed E-state index contributed by atoms with van der Waals surface area (Å²) in [5.41, 5.74) is 3.73. The van der Waals surface area contributed by atoms with Crippen LogP contribution in [-0.4, -0.2) is 58.5 Å². The Morgan fingerprint density at radius 2 is 1.82 bits per heavy atom. The van der Waals surface area contributed by atoms with Gasteiger partial charge in [-0.15, -0.1) is 0 Å². The molecule has 0 aromatic heterocycles. The molecule has 2 atom stereocenters. The minimum Gasteiger partial charge on any atom is -0.493 e. The second-order valence-electron chi connectivity index (χ2n) is 7.59. The number of aliphatic hydroxyl groups excluding tert-OH is 2. The number of rotatable bonds is 10. The maximum absolute atomic E-state index is 12.9. The maximum atomic E-state index is 12.9. The van der Waals surface area contributed by atoms with Crippen molar-refractivity contribution in [2.45, 2.75) is 32.5 Å². The van der Waals surface area contributed by atoms with Gasteiger partial charge in [0.2, 0.25) is 0 Å². The summed E-state index contributed by atoms with van der Waals surface area (Å²) < 4.78 is 11.4. The molecule has 0 saturated carbocycles. The minimum atomic E-state index is -2.04. The molecule has 0 radical (unpaired) electrons. The summed E-state index contributed by atoms with van der Waals surface area (Å²) >= 11 is 0. The molecule has 0 aliphatic carbocycles. The third-order valence-electron chi connectivity index (χ3n) is 5.07. The molecule has 4 N–H and O–H groups in total. The molecule has 180 valence electrons. The van der Waals surface area contributed by atoms with E-state index in [9.17, 15) is 24.6 Å². The quantitative estimate of drug-likeness (QED) is 0.301. The van der Waals surface area contributed by atoms with Crippen molar-refractivity contribution < 1.29 is 39.2 Å². The molecule has 10 heteroatoms. The first-order valence-corrected chi connectivity index (χ1v) is 10.6. The molecule has 1 aliphatic rings. The fraction of sp³-hybridized carbons (Fsp3) is 0.292. The van der Waals surface area contributed by atoms with Crippen molar-refractivity contribution in [2.75, 3.05) is 18.2 Å². The molecule has 1 saturated heterocycles. The highest BCUT2D eigenvalue weighted by Crippen LogP contribution is 2.34. The molecule has 2 aromatic carbocycles. The number of anilines is 1. The van der Waals surface area contributed by atoms with Crippen LogP contribution in [0.5, 0.6) is 11.5 Å². The van der Waals surface area contributed by atoms with Gasteiger partial charge in [0, 0.05) is 11.1 Å². The van der Waals surface area contributed by atoms with Crippen LogP contribution in [0.15, 0.2) is 48.0 Å². The van der Waals surface area contributed by atoms with Crippen LogP contribution < -0.4 is 19.9 Å². The topological polar surface area (TPSA) is 146 Å². The number of nitrogens with zero attached hydrogens (tertiary/aromatic N) is 1. The molecular weight excluding hydrogens is 444 g/mol. The van der Waals surface area contributed by atoms with E-state index in [0.29, 0.717) is 29.2 Å². The van der Waals surface area contributed by atoms with E-state index in [-0.39, 0.29) is 11.3 Å². The maximum Gasteiger partial charge on any atom is 0.335 e. The molecule has 0 spiro atoms. The van der Waals surface area contributed by atoms with Gasteiger partial charge in [0.1, 0.15) is 29.8 Å². The van der Waals surface area contributed by atoms with E-state index in [1.54, 1.807) is 49.4 Å². The van der Waals surface area contributed by atoms with Gasteiger partial charge in [-0.3, -0.25) is 15.0 Å². The molecule has 34 heavy (non-hydrogen) atoms. The first-order valence-electron chi connectivity index (χ1n) is 10.6. The highest BCUT2D eigenvalue weighted by Gasteiger charge is 2.35. The number of carbonyl (C=O) groups excluding carboxylic acids is 2. The fourth-order valence-electron chi connectivity index (χ4n) is 3.26. The van der Waals surface area contributed by atoms with Crippen molar-refractivity contribution in [1.82, 2.24) is 5.43 Å². The van der Waals surface area contributed by atoms with Gasteiger partial charge in [0.05, 0.1) is 12.3 Å². The largest absolute Gasteiger partial charge is 0.493 e. The van der Waals surface area contributed by atoms with Crippen LogP contribution in [0.3, 0.4) is 0 Å². The summed E-state index contributed by atoms with van der Waals surface area (Å²) in [6, 6.07) is 11.9. The van der Waals surface area contributed by atoms with Gasteiger partial charge >= 0.3 is 5.97 Å². The number of aliphatic carboxylic acids is 1. The van der Waals surface area contributed by atoms with E-state index in [0.717, 1.165) is 11.4 Å². The number of para-hydroxylation sites is 1. The van der Waals surface area contributed by atoms with E-state index in [2.05, 4.69) is 5.43 Å². The van der Waals surface area contributed by atoms with E-state index in [1.165, 1.54) is 6.08 Å². The Hall–Kier alpha value is -3.89. The average molecular weight is 470 g/mol. The third-order valence-corrected chi connectivity index (χ3v) is 5.07. The molecule has 1 aliphatic heterocycles. The minimum absolute atomic E-state index is 0.138. The fourth-order valence-corrected chi connectivity index (χ4v) is 3.26. The van der Waals surface area contributed by atoms with Gasteiger partial charge in [-0.05, 0) is 43.7 Å². The van der Waals surface area contributed by atoms with Gasteiger partial charge in [0.15, 0.2) is 6.10 Å². The number of nitrogens with one attached hydrogen (secondary N) is 1. The zero-order valence-electron chi connectivity index (χ0n) is 18.7. The van der Waals surface area contributed by atoms with Crippen molar-refractivity contribution in [3.63, 3.8) is 0 Å². The first-order chi connectivity index (χ1) is 16.2. The second kappa shape index (κ2) is 10.8. The van der Waals surface area contributed by atoms with Crippen molar-refractivity contribution in [2.24, 2.45) is 0 Å². The van der Waals surface area contributed by atoms with Gasteiger partial charge in [-0.2, -0.15) is 0 Å². The lowest BCUT2D eigenvalue weighted by molar-refractivity contribution is -0.153. The lowest BCUT2D eigenvalue weighted by Crippen LogP contribution is -2.38. The number of hydrogen-bond acceptors (Lipinski definition) is 7. The highest BCUT2D eigenvalue weighted by atomic mass is 16.5. The number of hydrazine groups is 1. The number of carboxylic acids is 1. The number of aliphatic hydroxyl groups is 2. The Morgan fingerprint density at radius 3 is 2.47 bits per heavy atom. The Morgan fingerprint density at radius 1 is 1.12 bits per heavy atom. The monoisotopic (exact) mass is 470 g/mol. The molecule has 3 rings (SSSR count). The highest BCUT2D eigenvalue weighted by molar-refractivity contribution is 6.31. The Balaban J connectivity index is 1.95. The van der Waals surface area contributed by atoms with E-state index in [4.69, 9.17) is 14.6 Å². The molecule has 2 amide bonds.